The van der Waals surface area contributed by atoms with E-state index in [4.69, 9.17) is 9.47 Å². The van der Waals surface area contributed by atoms with Crippen molar-refractivity contribution >= 4 is 16.0 Å². The van der Waals surface area contributed by atoms with Crippen molar-refractivity contribution in [3.63, 3.8) is 0 Å². The second kappa shape index (κ2) is 7.99. The van der Waals surface area contributed by atoms with Crippen molar-refractivity contribution in [2.75, 3.05) is 26.3 Å². The van der Waals surface area contributed by atoms with Crippen LogP contribution in [0.2, 0.25) is 0 Å². The first-order valence-electron chi connectivity index (χ1n) is 8.50. The summed E-state index contributed by atoms with van der Waals surface area (Å²) in [5.41, 5.74) is 1.34. The van der Waals surface area contributed by atoms with Gasteiger partial charge in [0.1, 0.15) is 5.75 Å². The summed E-state index contributed by atoms with van der Waals surface area (Å²) < 4.78 is 37.3. The maximum absolute atomic E-state index is 12.7. The Morgan fingerprint density at radius 1 is 1.12 bits per heavy atom. The number of benzene rings is 2. The summed E-state index contributed by atoms with van der Waals surface area (Å²) in [4.78, 5) is 12.5. The molecule has 1 saturated heterocycles. The summed E-state index contributed by atoms with van der Waals surface area (Å²) in [5, 5.41) is 0. The highest BCUT2D eigenvalue weighted by molar-refractivity contribution is 7.89. The molecule has 2 aromatic carbocycles. The fourth-order valence-electron chi connectivity index (χ4n) is 2.68. The van der Waals surface area contributed by atoms with Gasteiger partial charge >= 0.3 is 5.97 Å². The lowest BCUT2D eigenvalue weighted by Gasteiger charge is -2.26. The van der Waals surface area contributed by atoms with Gasteiger partial charge in [-0.05, 0) is 42.3 Å². The summed E-state index contributed by atoms with van der Waals surface area (Å²) in [6, 6.07) is 13.2. The van der Waals surface area contributed by atoms with Gasteiger partial charge in [-0.1, -0.05) is 25.1 Å². The third kappa shape index (κ3) is 4.12. The normalized spacial score (nSPS) is 15.6. The third-order valence-corrected chi connectivity index (χ3v) is 6.11. The zero-order valence-corrected chi connectivity index (χ0v) is 15.4. The molecule has 26 heavy (non-hydrogen) atoms. The predicted octanol–water partition coefficient (Wildman–Crippen LogP) is 2.49. The van der Waals surface area contributed by atoms with Crippen molar-refractivity contribution in [3.05, 3.63) is 59.7 Å². The quantitative estimate of drug-likeness (QED) is 0.593. The lowest BCUT2D eigenvalue weighted by Crippen LogP contribution is -2.40. The molecule has 138 valence electrons. The van der Waals surface area contributed by atoms with Gasteiger partial charge in [0.05, 0.1) is 23.7 Å². The van der Waals surface area contributed by atoms with E-state index in [1.54, 1.807) is 24.3 Å². The molecule has 0 aliphatic carbocycles. The number of ether oxygens (including phenoxy) is 2. The minimum atomic E-state index is -3.65. The highest BCUT2D eigenvalue weighted by atomic mass is 32.2. The molecule has 1 aliphatic heterocycles. The number of hydrogen-bond acceptors (Lipinski definition) is 5. The maximum atomic E-state index is 12.7. The van der Waals surface area contributed by atoms with E-state index in [1.807, 2.05) is 19.1 Å². The van der Waals surface area contributed by atoms with Crippen molar-refractivity contribution < 1.29 is 22.7 Å². The number of esters is 1. The van der Waals surface area contributed by atoms with Crippen LogP contribution in [0.1, 0.15) is 22.8 Å². The fraction of sp³-hybridized carbons (Fsp3) is 0.316. The number of carbonyl (C=O) groups excluding carboxylic acids is 1. The molecular formula is C19H21NO5S. The van der Waals surface area contributed by atoms with Gasteiger partial charge in [-0.25, -0.2) is 13.2 Å². The molecule has 0 atom stereocenters. The summed E-state index contributed by atoms with van der Waals surface area (Å²) in [6.45, 7) is 3.40. The standard InChI is InChI=1S/C19H21NO5S/c1-2-15-6-8-17(9-7-15)25-19(21)16-4-3-5-18(14-16)26(22,23)20-10-12-24-13-11-20/h3-9,14H,2,10-13H2,1H3. The van der Waals surface area contributed by atoms with E-state index in [2.05, 4.69) is 0 Å². The number of hydrogen-bond donors (Lipinski definition) is 0. The van der Waals surface area contributed by atoms with Crippen LogP contribution in [-0.4, -0.2) is 45.0 Å². The van der Waals surface area contributed by atoms with Crippen LogP contribution < -0.4 is 4.74 Å². The molecule has 1 heterocycles. The van der Waals surface area contributed by atoms with Crippen LogP contribution >= 0.6 is 0 Å². The highest BCUT2D eigenvalue weighted by Gasteiger charge is 2.27. The van der Waals surface area contributed by atoms with Gasteiger partial charge in [0, 0.05) is 13.1 Å². The first-order chi connectivity index (χ1) is 12.5. The third-order valence-electron chi connectivity index (χ3n) is 4.22. The Morgan fingerprint density at radius 2 is 1.81 bits per heavy atom. The average Bonchev–Trinajstić information content (AvgIpc) is 2.69. The van der Waals surface area contributed by atoms with Crippen LogP contribution in [0.15, 0.2) is 53.4 Å². The van der Waals surface area contributed by atoms with Crippen LogP contribution in [0.25, 0.3) is 0 Å². The molecule has 0 amide bonds. The first kappa shape index (κ1) is 18.6. The van der Waals surface area contributed by atoms with Gasteiger partial charge in [-0.15, -0.1) is 0 Å². The van der Waals surface area contributed by atoms with Crippen LogP contribution in [0, 0.1) is 0 Å². The summed E-state index contributed by atoms with van der Waals surface area (Å²) >= 11 is 0. The van der Waals surface area contributed by atoms with Gasteiger partial charge < -0.3 is 9.47 Å². The van der Waals surface area contributed by atoms with Crippen molar-refractivity contribution in [1.82, 2.24) is 4.31 Å². The number of rotatable bonds is 5. The molecule has 7 heteroatoms. The lowest BCUT2D eigenvalue weighted by molar-refractivity contribution is 0.0727. The van der Waals surface area contributed by atoms with Gasteiger partial charge in [0.25, 0.3) is 0 Å². The number of nitrogens with zero attached hydrogens (tertiary/aromatic N) is 1. The van der Waals surface area contributed by atoms with E-state index >= 15 is 0 Å². The maximum Gasteiger partial charge on any atom is 0.343 e. The summed E-state index contributed by atoms with van der Waals surface area (Å²) in [5.74, 6) is -0.165. The highest BCUT2D eigenvalue weighted by Crippen LogP contribution is 2.20. The van der Waals surface area contributed by atoms with E-state index in [-0.39, 0.29) is 10.5 Å². The Kier molecular flexibility index (Phi) is 5.70. The van der Waals surface area contributed by atoms with Crippen LogP contribution in [0.3, 0.4) is 0 Å². The molecule has 0 bridgehead atoms. The Bertz CT molecular complexity index is 871. The lowest BCUT2D eigenvalue weighted by atomic mass is 10.2. The topological polar surface area (TPSA) is 72.9 Å². The number of sulfonamides is 1. The predicted molar refractivity (Wildman–Crippen MR) is 96.8 cm³/mol. The molecule has 0 N–H and O–H groups in total. The van der Waals surface area contributed by atoms with E-state index in [9.17, 15) is 13.2 Å². The van der Waals surface area contributed by atoms with Crippen molar-refractivity contribution in [2.45, 2.75) is 18.2 Å². The Labute approximate surface area is 153 Å². The molecule has 1 fully saturated rings. The Morgan fingerprint density at radius 3 is 2.46 bits per heavy atom. The Hall–Kier alpha value is -2.22. The van der Waals surface area contributed by atoms with Crippen molar-refractivity contribution in [1.29, 1.82) is 0 Å². The van der Waals surface area contributed by atoms with Gasteiger partial charge in [0.2, 0.25) is 10.0 Å². The molecule has 3 rings (SSSR count). The van der Waals surface area contributed by atoms with Crippen LogP contribution in [0.4, 0.5) is 0 Å². The van der Waals surface area contributed by atoms with Crippen molar-refractivity contribution in [3.8, 4) is 5.75 Å². The SMILES string of the molecule is CCc1ccc(OC(=O)c2cccc(S(=O)(=O)N3CCOCC3)c2)cc1. The second-order valence-corrected chi connectivity index (χ2v) is 7.87. The van der Waals surface area contributed by atoms with E-state index in [0.717, 1.165) is 12.0 Å². The summed E-state index contributed by atoms with van der Waals surface area (Å²) in [6.07, 6.45) is 0.898. The number of morpholine rings is 1. The first-order valence-corrected chi connectivity index (χ1v) is 9.94. The van der Waals surface area contributed by atoms with Gasteiger partial charge in [-0.2, -0.15) is 4.31 Å². The fourth-order valence-corrected chi connectivity index (χ4v) is 4.13. The molecule has 0 unspecified atom stereocenters. The van der Waals surface area contributed by atoms with Crippen molar-refractivity contribution in [2.24, 2.45) is 0 Å². The largest absolute Gasteiger partial charge is 0.423 e. The van der Waals surface area contributed by atoms with Gasteiger partial charge in [0.15, 0.2) is 0 Å². The summed E-state index contributed by atoms with van der Waals surface area (Å²) in [7, 11) is -3.65. The second-order valence-electron chi connectivity index (χ2n) is 5.93. The molecule has 0 aromatic heterocycles. The molecule has 0 saturated carbocycles. The molecule has 2 aromatic rings. The van der Waals surface area contributed by atoms with E-state index in [0.29, 0.717) is 32.1 Å². The zero-order valence-electron chi connectivity index (χ0n) is 14.6. The molecule has 1 aliphatic rings. The number of aryl methyl sites for hydroxylation is 1. The van der Waals surface area contributed by atoms with E-state index < -0.39 is 16.0 Å². The van der Waals surface area contributed by atoms with Crippen LogP contribution in [-0.2, 0) is 21.2 Å². The smallest absolute Gasteiger partial charge is 0.343 e. The zero-order chi connectivity index (χ0) is 18.6. The minimum Gasteiger partial charge on any atom is -0.423 e. The average molecular weight is 375 g/mol. The monoisotopic (exact) mass is 375 g/mol. The Balaban J connectivity index is 1.78. The number of carbonyl (C=O) groups is 1. The molecule has 0 spiro atoms. The molecular weight excluding hydrogens is 354 g/mol. The van der Waals surface area contributed by atoms with Gasteiger partial charge in [-0.3, -0.25) is 0 Å². The molecule has 0 radical (unpaired) electrons. The molecule has 6 nitrogen and oxygen atoms in total. The van der Waals surface area contributed by atoms with Crippen LogP contribution in [0.5, 0.6) is 5.75 Å². The van der Waals surface area contributed by atoms with E-state index in [1.165, 1.54) is 16.4 Å². The minimum absolute atomic E-state index is 0.0789.